The van der Waals surface area contributed by atoms with Crippen molar-refractivity contribution in [1.29, 1.82) is 5.26 Å². The number of nitrogens with one attached hydrogen (secondary N) is 1. The van der Waals surface area contributed by atoms with E-state index in [0.717, 1.165) is 27.9 Å². The molecular weight excluding hydrogens is 438 g/mol. The lowest BCUT2D eigenvalue weighted by atomic mass is 10.1. The molecule has 33 heavy (non-hydrogen) atoms. The number of amides is 1. The number of carbonyl (C=O) groups excluding carboxylic acids is 1. The minimum absolute atomic E-state index is 0.0670. The summed E-state index contributed by atoms with van der Waals surface area (Å²) in [4.78, 5) is 21.0. The van der Waals surface area contributed by atoms with Crippen LogP contribution < -0.4 is 11.1 Å². The molecule has 168 valence electrons. The van der Waals surface area contributed by atoms with Crippen molar-refractivity contribution in [1.82, 2.24) is 20.1 Å². The Morgan fingerprint density at radius 3 is 2.79 bits per heavy atom. The number of hydrogen-bond donors (Lipinski definition) is 2. The monoisotopic (exact) mass is 461 g/mol. The summed E-state index contributed by atoms with van der Waals surface area (Å²) in [5.74, 6) is -0.00383. The smallest absolute Gasteiger partial charge is 0.273 e. The van der Waals surface area contributed by atoms with Gasteiger partial charge in [-0.05, 0) is 68.5 Å². The van der Waals surface area contributed by atoms with Gasteiger partial charge in [-0.15, -0.1) is 0 Å². The van der Waals surface area contributed by atoms with Crippen LogP contribution in [0.25, 0.3) is 6.08 Å². The van der Waals surface area contributed by atoms with Gasteiger partial charge in [0.2, 0.25) is 0 Å². The fourth-order valence-electron chi connectivity index (χ4n) is 3.52. The van der Waals surface area contributed by atoms with Crippen LogP contribution in [0.3, 0.4) is 0 Å². The number of nitriles is 1. The zero-order chi connectivity index (χ0) is 24.1. The highest BCUT2D eigenvalue weighted by Crippen LogP contribution is 2.24. The Bertz CT molecular complexity index is 1270. The molecule has 0 radical (unpaired) electrons. The Morgan fingerprint density at radius 2 is 2.15 bits per heavy atom. The van der Waals surface area contributed by atoms with E-state index in [1.54, 1.807) is 29.9 Å². The molecule has 3 aromatic rings. The SMILES string of the molecule is C=Nc1ccc(Cn2cc(C#N)c(C(=O)NCc3c(C)cc(N)nc3C)n2)cc1/C=C(\C)Cl. The van der Waals surface area contributed by atoms with Crippen molar-refractivity contribution >= 4 is 41.8 Å². The van der Waals surface area contributed by atoms with E-state index in [-0.39, 0.29) is 17.8 Å². The molecule has 0 spiro atoms. The van der Waals surface area contributed by atoms with Crippen LogP contribution in [0.4, 0.5) is 11.5 Å². The molecule has 0 aliphatic carbocycles. The minimum Gasteiger partial charge on any atom is -0.384 e. The number of benzene rings is 1. The number of nitrogens with zero attached hydrogens (tertiary/aromatic N) is 5. The van der Waals surface area contributed by atoms with E-state index in [1.807, 2.05) is 38.1 Å². The molecule has 1 aromatic carbocycles. The average Bonchev–Trinajstić information content (AvgIpc) is 3.15. The van der Waals surface area contributed by atoms with Crippen LogP contribution in [0, 0.1) is 25.2 Å². The maximum absolute atomic E-state index is 12.8. The molecule has 8 nitrogen and oxygen atoms in total. The van der Waals surface area contributed by atoms with Gasteiger partial charge in [0.25, 0.3) is 5.91 Å². The van der Waals surface area contributed by atoms with E-state index in [0.29, 0.717) is 23.1 Å². The van der Waals surface area contributed by atoms with E-state index in [1.165, 1.54) is 0 Å². The molecule has 1 amide bonds. The lowest BCUT2D eigenvalue weighted by molar-refractivity contribution is 0.0944. The molecule has 3 N–H and O–H groups in total. The Morgan fingerprint density at radius 1 is 1.39 bits per heavy atom. The third kappa shape index (κ3) is 5.64. The maximum Gasteiger partial charge on any atom is 0.273 e. The number of anilines is 1. The Kier molecular flexibility index (Phi) is 7.26. The maximum atomic E-state index is 12.8. The van der Waals surface area contributed by atoms with Gasteiger partial charge in [-0.25, -0.2) is 4.98 Å². The highest BCUT2D eigenvalue weighted by atomic mass is 35.5. The Balaban J connectivity index is 1.81. The zero-order valence-corrected chi connectivity index (χ0v) is 19.4. The molecule has 0 atom stereocenters. The summed E-state index contributed by atoms with van der Waals surface area (Å²) in [5.41, 5.74) is 11.0. The van der Waals surface area contributed by atoms with Crippen LogP contribution in [-0.2, 0) is 13.1 Å². The highest BCUT2D eigenvalue weighted by Gasteiger charge is 2.18. The minimum atomic E-state index is -0.437. The summed E-state index contributed by atoms with van der Waals surface area (Å²) >= 11 is 6.02. The molecule has 0 saturated carbocycles. The lowest BCUT2D eigenvalue weighted by Gasteiger charge is -2.11. The summed E-state index contributed by atoms with van der Waals surface area (Å²) in [6.07, 6.45) is 3.35. The topological polar surface area (TPSA) is 122 Å². The van der Waals surface area contributed by atoms with Gasteiger partial charge in [-0.1, -0.05) is 17.7 Å². The van der Waals surface area contributed by atoms with E-state index < -0.39 is 5.91 Å². The second kappa shape index (κ2) is 10.1. The fraction of sp³-hybridized carbons (Fsp3) is 0.208. The van der Waals surface area contributed by atoms with Crippen LogP contribution in [0.5, 0.6) is 0 Å². The van der Waals surface area contributed by atoms with E-state index in [4.69, 9.17) is 17.3 Å². The molecule has 0 aliphatic rings. The highest BCUT2D eigenvalue weighted by molar-refractivity contribution is 6.31. The molecule has 0 fully saturated rings. The van der Waals surface area contributed by atoms with Gasteiger partial charge in [0.15, 0.2) is 5.69 Å². The number of aryl methyl sites for hydroxylation is 2. The number of allylic oxidation sites excluding steroid dienone is 1. The molecule has 0 unspecified atom stereocenters. The number of hydrogen-bond acceptors (Lipinski definition) is 6. The standard InChI is InChI=1S/C24H24ClN7O/c1-14-7-22(27)30-16(3)20(14)11-29-24(33)23-19(10-26)13-32(31-23)12-17-5-6-21(28-4)18(9-17)8-15(2)25/h5-9,13H,4,11-12H2,1-3H3,(H2,27,30)(H,29,33)/b15-8+. The molecule has 2 heterocycles. The molecule has 0 saturated heterocycles. The second-order valence-corrected chi connectivity index (χ2v) is 8.19. The number of aromatic nitrogens is 3. The summed E-state index contributed by atoms with van der Waals surface area (Å²) in [5, 5.41) is 17.3. The Hall–Kier alpha value is -3.96. The van der Waals surface area contributed by atoms with Crippen LogP contribution >= 0.6 is 11.6 Å². The molecule has 3 rings (SSSR count). The Labute approximate surface area is 197 Å². The van der Waals surface area contributed by atoms with Crippen LogP contribution in [-0.4, -0.2) is 27.4 Å². The van der Waals surface area contributed by atoms with Gasteiger partial charge < -0.3 is 11.1 Å². The average molecular weight is 462 g/mol. The number of pyridine rings is 1. The normalized spacial score (nSPS) is 11.2. The number of rotatable bonds is 7. The van der Waals surface area contributed by atoms with Crippen molar-refractivity contribution < 1.29 is 4.79 Å². The molecule has 9 heteroatoms. The largest absolute Gasteiger partial charge is 0.384 e. The van der Waals surface area contributed by atoms with Crippen LogP contribution in [0.15, 0.2) is 40.5 Å². The van der Waals surface area contributed by atoms with E-state index in [2.05, 4.69) is 27.1 Å². The lowest BCUT2D eigenvalue weighted by Crippen LogP contribution is -2.25. The first-order valence-corrected chi connectivity index (χ1v) is 10.5. The summed E-state index contributed by atoms with van der Waals surface area (Å²) in [6.45, 7) is 9.72. The van der Waals surface area contributed by atoms with Gasteiger partial charge in [0, 0.05) is 29.0 Å². The van der Waals surface area contributed by atoms with Crippen LogP contribution in [0.2, 0.25) is 0 Å². The predicted molar refractivity (Wildman–Crippen MR) is 130 cm³/mol. The van der Waals surface area contributed by atoms with Gasteiger partial charge in [0.1, 0.15) is 17.5 Å². The van der Waals surface area contributed by atoms with Crippen molar-refractivity contribution in [2.24, 2.45) is 4.99 Å². The number of nitrogen functional groups attached to an aromatic ring is 1. The van der Waals surface area contributed by atoms with Crippen molar-refractivity contribution in [2.45, 2.75) is 33.9 Å². The molecular formula is C24H24ClN7O. The van der Waals surface area contributed by atoms with Gasteiger partial charge in [0.05, 0.1) is 12.2 Å². The van der Waals surface area contributed by atoms with Gasteiger partial charge >= 0.3 is 0 Å². The number of nitrogens with two attached hydrogens (primary N) is 1. The number of aliphatic imine (C=N–C) groups is 1. The second-order valence-electron chi connectivity index (χ2n) is 7.59. The van der Waals surface area contributed by atoms with E-state index >= 15 is 0 Å². The summed E-state index contributed by atoms with van der Waals surface area (Å²) in [7, 11) is 0. The first kappa shape index (κ1) is 23.7. The van der Waals surface area contributed by atoms with Crippen molar-refractivity contribution in [3.63, 3.8) is 0 Å². The van der Waals surface area contributed by atoms with Crippen molar-refractivity contribution in [2.75, 3.05) is 5.73 Å². The van der Waals surface area contributed by atoms with Crippen LogP contribution in [0.1, 0.15) is 50.9 Å². The molecule has 0 aliphatic heterocycles. The quantitative estimate of drug-likeness (QED) is 0.509. The first-order chi connectivity index (χ1) is 15.7. The van der Waals surface area contributed by atoms with E-state index in [9.17, 15) is 10.1 Å². The number of halogens is 1. The summed E-state index contributed by atoms with van der Waals surface area (Å²) in [6, 6.07) is 9.44. The molecule has 2 aromatic heterocycles. The zero-order valence-electron chi connectivity index (χ0n) is 18.7. The summed E-state index contributed by atoms with van der Waals surface area (Å²) < 4.78 is 1.56. The van der Waals surface area contributed by atoms with Crippen molar-refractivity contribution in [3.05, 3.63) is 74.7 Å². The van der Waals surface area contributed by atoms with Gasteiger partial charge in [-0.3, -0.25) is 14.5 Å². The third-order valence-corrected chi connectivity index (χ3v) is 5.17. The fourth-order valence-corrected chi connectivity index (χ4v) is 3.64. The third-order valence-electron chi connectivity index (χ3n) is 5.06. The molecule has 0 bridgehead atoms. The number of carbonyl (C=O) groups is 1. The van der Waals surface area contributed by atoms with Crippen molar-refractivity contribution in [3.8, 4) is 6.07 Å². The first-order valence-electron chi connectivity index (χ1n) is 10.1. The van der Waals surface area contributed by atoms with Gasteiger partial charge in [-0.2, -0.15) is 10.4 Å². The predicted octanol–water partition coefficient (Wildman–Crippen LogP) is 4.26.